The molecule has 0 aliphatic carbocycles. The Hall–Kier alpha value is -1.92. The lowest BCUT2D eigenvalue weighted by Crippen LogP contribution is -2.52. The van der Waals surface area contributed by atoms with Gasteiger partial charge in [0.15, 0.2) is 0 Å². The summed E-state index contributed by atoms with van der Waals surface area (Å²) in [4.78, 5) is 12.0. The number of hydrogen-bond donors (Lipinski definition) is 0. The van der Waals surface area contributed by atoms with Crippen LogP contribution in [0, 0.1) is 13.8 Å². The fourth-order valence-corrected chi connectivity index (χ4v) is 4.13. The molecular formula is C24H41N5O. The molecule has 0 radical (unpaired) electrons. The highest BCUT2D eigenvalue weighted by Gasteiger charge is 2.28. The summed E-state index contributed by atoms with van der Waals surface area (Å²) in [7, 11) is 2.21. The molecule has 1 aromatic heterocycles. The maximum absolute atomic E-state index is 5.56. The van der Waals surface area contributed by atoms with Gasteiger partial charge in [-0.15, -0.1) is 0 Å². The van der Waals surface area contributed by atoms with E-state index in [2.05, 4.69) is 63.9 Å². The Labute approximate surface area is 183 Å². The molecule has 0 saturated carbocycles. The van der Waals surface area contributed by atoms with Crippen molar-refractivity contribution in [1.29, 1.82) is 0 Å². The number of nitrogens with zero attached hydrogens (tertiary/aromatic N) is 5. The summed E-state index contributed by atoms with van der Waals surface area (Å²) in [5.41, 5.74) is 3.45. The smallest absolute Gasteiger partial charge is 0.266 e. The standard InChI is InChI=1S/C20H29N5O.2C2H6/c1-15-4-5-18(16(2)14-15)19-21-20(22-26-19)25-8-6-17(7-9-25)24-12-10-23(3)11-13-24;2*1-2/h4-5,14,17H,6-13H2,1-3H3;2*1-2H3. The molecule has 0 unspecified atom stereocenters. The van der Waals surface area contributed by atoms with Crippen LogP contribution in [0.2, 0.25) is 0 Å². The molecule has 30 heavy (non-hydrogen) atoms. The highest BCUT2D eigenvalue weighted by Crippen LogP contribution is 2.26. The SMILES string of the molecule is CC.CC.Cc1ccc(-c2nc(N3CCC(N4CCN(C)CC4)CC3)no2)c(C)c1. The minimum Gasteiger partial charge on any atom is -0.338 e. The van der Waals surface area contributed by atoms with E-state index in [4.69, 9.17) is 4.52 Å². The largest absolute Gasteiger partial charge is 0.338 e. The predicted molar refractivity (Wildman–Crippen MR) is 126 cm³/mol. The van der Waals surface area contributed by atoms with Gasteiger partial charge in [0.05, 0.1) is 0 Å². The molecule has 0 amide bonds. The monoisotopic (exact) mass is 415 g/mol. The van der Waals surface area contributed by atoms with Crippen molar-refractivity contribution in [2.75, 3.05) is 51.2 Å². The van der Waals surface area contributed by atoms with E-state index >= 15 is 0 Å². The second kappa shape index (κ2) is 12.1. The first-order chi connectivity index (χ1) is 14.6. The van der Waals surface area contributed by atoms with Gasteiger partial charge in [0.1, 0.15) is 0 Å². The van der Waals surface area contributed by atoms with Gasteiger partial charge in [0.2, 0.25) is 0 Å². The van der Waals surface area contributed by atoms with Crippen LogP contribution < -0.4 is 4.90 Å². The first-order valence-electron chi connectivity index (χ1n) is 11.7. The molecule has 2 aliphatic rings. The molecule has 6 nitrogen and oxygen atoms in total. The van der Waals surface area contributed by atoms with Crippen LogP contribution in [0.15, 0.2) is 22.7 Å². The van der Waals surface area contributed by atoms with Crippen molar-refractivity contribution in [2.24, 2.45) is 0 Å². The minimum absolute atomic E-state index is 0.624. The Morgan fingerprint density at radius 2 is 1.53 bits per heavy atom. The second-order valence-electron chi connectivity index (χ2n) is 7.78. The number of piperazine rings is 1. The molecule has 2 aliphatic heterocycles. The summed E-state index contributed by atoms with van der Waals surface area (Å²) in [6.45, 7) is 19.0. The normalized spacial score (nSPS) is 18.3. The number of benzene rings is 1. The number of likely N-dealkylation sites (N-methyl/N-ethyl adjacent to an activating group) is 1. The van der Waals surface area contributed by atoms with Crippen LogP contribution in [0.5, 0.6) is 0 Å². The number of anilines is 1. The van der Waals surface area contributed by atoms with Gasteiger partial charge in [-0.1, -0.05) is 45.4 Å². The van der Waals surface area contributed by atoms with Gasteiger partial charge < -0.3 is 14.3 Å². The molecule has 168 valence electrons. The van der Waals surface area contributed by atoms with E-state index in [0.717, 1.165) is 24.6 Å². The average molecular weight is 416 g/mol. The molecule has 1 aromatic carbocycles. The summed E-state index contributed by atoms with van der Waals surface area (Å²) in [6, 6.07) is 7.02. The zero-order valence-electron chi connectivity index (χ0n) is 20.1. The first-order valence-corrected chi connectivity index (χ1v) is 11.7. The summed E-state index contributed by atoms with van der Waals surface area (Å²) >= 11 is 0. The van der Waals surface area contributed by atoms with Gasteiger partial charge in [-0.25, -0.2) is 0 Å². The van der Waals surface area contributed by atoms with Gasteiger partial charge in [-0.05, 0) is 50.5 Å². The maximum atomic E-state index is 5.56. The first kappa shape index (κ1) is 24.4. The molecule has 0 atom stereocenters. The predicted octanol–water partition coefficient (Wildman–Crippen LogP) is 4.62. The molecule has 0 N–H and O–H groups in total. The van der Waals surface area contributed by atoms with Crippen LogP contribution in [0.3, 0.4) is 0 Å². The van der Waals surface area contributed by atoms with Crippen molar-refractivity contribution < 1.29 is 4.52 Å². The molecular weight excluding hydrogens is 374 g/mol. The Morgan fingerprint density at radius 1 is 0.900 bits per heavy atom. The van der Waals surface area contributed by atoms with Crippen LogP contribution in [0.4, 0.5) is 5.95 Å². The molecule has 2 saturated heterocycles. The summed E-state index contributed by atoms with van der Waals surface area (Å²) in [6.07, 6.45) is 2.36. The third-order valence-electron chi connectivity index (χ3n) is 5.83. The molecule has 0 spiro atoms. The fraction of sp³-hybridized carbons (Fsp3) is 0.667. The van der Waals surface area contributed by atoms with Crippen molar-refractivity contribution in [3.63, 3.8) is 0 Å². The molecule has 3 heterocycles. The summed E-state index contributed by atoms with van der Waals surface area (Å²) in [5.74, 6) is 1.36. The Bertz CT molecular complexity index is 744. The van der Waals surface area contributed by atoms with Crippen LogP contribution >= 0.6 is 0 Å². The molecule has 6 heteroatoms. The molecule has 0 bridgehead atoms. The van der Waals surface area contributed by atoms with Crippen LogP contribution in [0.25, 0.3) is 11.5 Å². The number of piperidine rings is 1. The third-order valence-corrected chi connectivity index (χ3v) is 5.83. The Balaban J connectivity index is 0.000000757. The van der Waals surface area contributed by atoms with Gasteiger partial charge in [-0.3, -0.25) is 4.90 Å². The number of rotatable bonds is 3. The summed E-state index contributed by atoms with van der Waals surface area (Å²) < 4.78 is 5.56. The van der Waals surface area contributed by atoms with Gasteiger partial charge in [0.25, 0.3) is 11.8 Å². The molecule has 2 fully saturated rings. The van der Waals surface area contributed by atoms with Crippen LogP contribution in [-0.2, 0) is 0 Å². The van der Waals surface area contributed by atoms with Crippen molar-refractivity contribution >= 4 is 5.95 Å². The van der Waals surface area contributed by atoms with Gasteiger partial charge in [0, 0.05) is 50.9 Å². The van der Waals surface area contributed by atoms with E-state index in [1.165, 1.54) is 50.1 Å². The minimum atomic E-state index is 0.624. The van der Waals surface area contributed by atoms with Crippen molar-refractivity contribution in [1.82, 2.24) is 19.9 Å². The van der Waals surface area contributed by atoms with E-state index in [9.17, 15) is 0 Å². The molecule has 4 rings (SSSR count). The van der Waals surface area contributed by atoms with Crippen LogP contribution in [-0.4, -0.2) is 72.3 Å². The zero-order valence-corrected chi connectivity index (χ0v) is 20.1. The summed E-state index contributed by atoms with van der Waals surface area (Å²) in [5, 5.41) is 4.25. The topological polar surface area (TPSA) is 48.6 Å². The van der Waals surface area contributed by atoms with E-state index in [0.29, 0.717) is 11.9 Å². The van der Waals surface area contributed by atoms with Crippen molar-refractivity contribution in [2.45, 2.75) is 60.4 Å². The third kappa shape index (κ3) is 6.05. The lowest BCUT2D eigenvalue weighted by Gasteiger charge is -2.41. The number of aromatic nitrogens is 2. The van der Waals surface area contributed by atoms with E-state index in [-0.39, 0.29) is 0 Å². The van der Waals surface area contributed by atoms with E-state index in [1.54, 1.807) is 0 Å². The molecule has 2 aromatic rings. The number of hydrogen-bond acceptors (Lipinski definition) is 6. The number of aryl methyl sites for hydroxylation is 2. The van der Waals surface area contributed by atoms with Crippen molar-refractivity contribution in [3.8, 4) is 11.5 Å². The van der Waals surface area contributed by atoms with Crippen molar-refractivity contribution in [3.05, 3.63) is 29.3 Å². The lowest BCUT2D eigenvalue weighted by atomic mass is 10.0. The highest BCUT2D eigenvalue weighted by atomic mass is 16.5. The average Bonchev–Trinajstić information content (AvgIpc) is 3.27. The van der Waals surface area contributed by atoms with Gasteiger partial charge >= 0.3 is 0 Å². The fourth-order valence-electron chi connectivity index (χ4n) is 4.13. The zero-order chi connectivity index (χ0) is 22.1. The van der Waals surface area contributed by atoms with E-state index < -0.39 is 0 Å². The van der Waals surface area contributed by atoms with Crippen LogP contribution in [0.1, 0.15) is 51.7 Å². The second-order valence-corrected chi connectivity index (χ2v) is 7.78. The highest BCUT2D eigenvalue weighted by molar-refractivity contribution is 5.60. The maximum Gasteiger partial charge on any atom is 0.266 e. The Kier molecular flexibility index (Phi) is 9.79. The van der Waals surface area contributed by atoms with E-state index in [1.807, 2.05) is 27.7 Å². The Morgan fingerprint density at radius 3 is 2.13 bits per heavy atom. The van der Waals surface area contributed by atoms with Gasteiger partial charge in [-0.2, -0.15) is 4.98 Å². The lowest BCUT2D eigenvalue weighted by molar-refractivity contribution is 0.0980. The quantitative estimate of drug-likeness (QED) is 0.729.